The van der Waals surface area contributed by atoms with Crippen LogP contribution in [0.25, 0.3) is 22.2 Å². The number of halogens is 1. The third-order valence-corrected chi connectivity index (χ3v) is 5.00. The highest BCUT2D eigenvalue weighted by Crippen LogP contribution is 2.26. The number of nitrogens with one attached hydrogen (secondary N) is 1. The van der Waals surface area contributed by atoms with E-state index in [1.807, 2.05) is 53.9 Å². The summed E-state index contributed by atoms with van der Waals surface area (Å²) in [6.45, 7) is 0. The van der Waals surface area contributed by atoms with Crippen molar-refractivity contribution in [3.8, 4) is 22.2 Å². The highest BCUT2D eigenvalue weighted by atomic mass is 79.9. The van der Waals surface area contributed by atoms with Crippen molar-refractivity contribution in [1.82, 2.24) is 10.1 Å². The van der Waals surface area contributed by atoms with Gasteiger partial charge >= 0.3 is 0 Å². The maximum atomic E-state index is 12.3. The van der Waals surface area contributed by atoms with Crippen molar-refractivity contribution in [1.29, 1.82) is 0 Å². The number of carbonyl (C=O) groups is 1. The fourth-order valence-electron chi connectivity index (χ4n) is 2.38. The zero-order chi connectivity index (χ0) is 17.9. The summed E-state index contributed by atoms with van der Waals surface area (Å²) in [5.74, 6) is 0.846. The first kappa shape index (κ1) is 16.7. The zero-order valence-corrected chi connectivity index (χ0v) is 15.8. The molecule has 0 atom stereocenters. The van der Waals surface area contributed by atoms with Crippen LogP contribution in [0.15, 0.2) is 75.0 Å². The van der Waals surface area contributed by atoms with Crippen LogP contribution >= 0.6 is 27.3 Å². The van der Waals surface area contributed by atoms with Crippen molar-refractivity contribution in [3.63, 3.8) is 0 Å². The van der Waals surface area contributed by atoms with E-state index in [1.165, 1.54) is 0 Å². The van der Waals surface area contributed by atoms with Gasteiger partial charge in [-0.15, -0.1) is 11.3 Å². The van der Waals surface area contributed by atoms with Crippen LogP contribution in [0.3, 0.4) is 0 Å². The smallest absolute Gasteiger partial charge is 0.268 e. The van der Waals surface area contributed by atoms with E-state index < -0.39 is 0 Å². The lowest BCUT2D eigenvalue weighted by molar-refractivity contribution is 0.102. The standard InChI is InChI=1S/C19H12BrN3O2S/c20-14-4-1-3-13(11-14)18(24)21-15-8-6-12(7-9-15)17-22-19(25-23-17)16-5-2-10-26-16/h1-11H,(H,21,24). The molecule has 2 aromatic carbocycles. The van der Waals surface area contributed by atoms with Gasteiger partial charge in [0.25, 0.3) is 11.8 Å². The van der Waals surface area contributed by atoms with E-state index in [-0.39, 0.29) is 5.91 Å². The minimum absolute atomic E-state index is 0.168. The Morgan fingerprint density at radius 2 is 1.92 bits per heavy atom. The summed E-state index contributed by atoms with van der Waals surface area (Å²) in [7, 11) is 0. The molecule has 0 bridgehead atoms. The molecule has 26 heavy (non-hydrogen) atoms. The summed E-state index contributed by atoms with van der Waals surface area (Å²) >= 11 is 4.91. The quantitative estimate of drug-likeness (QED) is 0.469. The van der Waals surface area contributed by atoms with E-state index in [9.17, 15) is 4.79 Å². The predicted octanol–water partition coefficient (Wildman–Crippen LogP) is 5.48. The summed E-state index contributed by atoms with van der Waals surface area (Å²) in [6, 6.07) is 18.4. The lowest BCUT2D eigenvalue weighted by Gasteiger charge is -2.06. The van der Waals surface area contributed by atoms with Gasteiger partial charge in [-0.3, -0.25) is 4.79 Å². The first-order valence-electron chi connectivity index (χ1n) is 7.74. The van der Waals surface area contributed by atoms with Crippen LogP contribution in [0, 0.1) is 0 Å². The number of hydrogen-bond acceptors (Lipinski definition) is 5. The predicted molar refractivity (Wildman–Crippen MR) is 105 cm³/mol. The molecule has 2 heterocycles. The summed E-state index contributed by atoms with van der Waals surface area (Å²) in [6.07, 6.45) is 0. The molecule has 7 heteroatoms. The van der Waals surface area contributed by atoms with Gasteiger partial charge < -0.3 is 9.84 Å². The van der Waals surface area contributed by atoms with Crippen LogP contribution < -0.4 is 5.32 Å². The van der Waals surface area contributed by atoms with Gasteiger partial charge in [-0.25, -0.2) is 0 Å². The first-order chi connectivity index (χ1) is 12.7. The fourth-order valence-corrected chi connectivity index (χ4v) is 3.42. The number of benzene rings is 2. The van der Waals surface area contributed by atoms with E-state index in [0.29, 0.717) is 23.0 Å². The Morgan fingerprint density at radius 3 is 2.65 bits per heavy atom. The number of carbonyl (C=O) groups excluding carboxylic acids is 1. The molecule has 1 N–H and O–H groups in total. The molecule has 0 saturated carbocycles. The van der Waals surface area contributed by atoms with Crippen LogP contribution in [-0.4, -0.2) is 16.0 Å². The van der Waals surface area contributed by atoms with Gasteiger partial charge in [-0.1, -0.05) is 33.2 Å². The second-order valence-electron chi connectivity index (χ2n) is 5.44. The SMILES string of the molecule is O=C(Nc1ccc(-c2noc(-c3cccs3)n2)cc1)c1cccc(Br)c1. The minimum atomic E-state index is -0.168. The molecule has 128 valence electrons. The third kappa shape index (κ3) is 3.58. The molecule has 0 aliphatic carbocycles. The molecule has 0 aliphatic rings. The van der Waals surface area contributed by atoms with Crippen molar-refractivity contribution in [2.75, 3.05) is 5.32 Å². The Balaban J connectivity index is 1.49. The van der Waals surface area contributed by atoms with Gasteiger partial charge in [0.1, 0.15) is 0 Å². The van der Waals surface area contributed by atoms with Crippen LogP contribution in [0.2, 0.25) is 0 Å². The average Bonchev–Trinajstić information content (AvgIpc) is 3.34. The van der Waals surface area contributed by atoms with Crippen LogP contribution in [-0.2, 0) is 0 Å². The Hall–Kier alpha value is -2.77. The van der Waals surface area contributed by atoms with Gasteiger partial charge in [0.15, 0.2) is 0 Å². The van der Waals surface area contributed by atoms with Gasteiger partial charge in [0.05, 0.1) is 4.88 Å². The van der Waals surface area contributed by atoms with E-state index >= 15 is 0 Å². The largest absolute Gasteiger partial charge is 0.333 e. The number of anilines is 1. The fraction of sp³-hybridized carbons (Fsp3) is 0. The molecule has 2 aromatic heterocycles. The number of nitrogens with zero attached hydrogens (tertiary/aromatic N) is 2. The maximum absolute atomic E-state index is 12.3. The number of rotatable bonds is 4. The monoisotopic (exact) mass is 425 g/mol. The highest BCUT2D eigenvalue weighted by molar-refractivity contribution is 9.10. The van der Waals surface area contributed by atoms with Crippen LogP contribution in [0.5, 0.6) is 0 Å². The average molecular weight is 426 g/mol. The molecule has 0 fully saturated rings. The second kappa shape index (κ2) is 7.23. The topological polar surface area (TPSA) is 68.0 Å². The van der Waals surface area contributed by atoms with E-state index in [0.717, 1.165) is 14.9 Å². The number of aromatic nitrogens is 2. The Morgan fingerprint density at radius 1 is 1.08 bits per heavy atom. The Bertz CT molecular complexity index is 1040. The third-order valence-electron chi connectivity index (χ3n) is 3.65. The molecule has 0 aliphatic heterocycles. The zero-order valence-electron chi connectivity index (χ0n) is 13.3. The summed E-state index contributed by atoms with van der Waals surface area (Å²) in [5.41, 5.74) is 2.10. The molecule has 0 radical (unpaired) electrons. The number of thiophene rings is 1. The lowest BCUT2D eigenvalue weighted by atomic mass is 10.1. The van der Waals surface area contributed by atoms with Crippen molar-refractivity contribution >= 4 is 38.9 Å². The number of hydrogen-bond donors (Lipinski definition) is 1. The van der Waals surface area contributed by atoms with E-state index in [4.69, 9.17) is 4.52 Å². The second-order valence-corrected chi connectivity index (χ2v) is 7.31. The maximum Gasteiger partial charge on any atom is 0.268 e. The Labute approximate surface area is 161 Å². The van der Waals surface area contributed by atoms with Gasteiger partial charge in [-0.05, 0) is 53.9 Å². The molecule has 0 spiro atoms. The van der Waals surface area contributed by atoms with Crippen molar-refractivity contribution in [3.05, 3.63) is 76.1 Å². The Kier molecular flexibility index (Phi) is 4.64. The molecule has 4 aromatic rings. The van der Waals surface area contributed by atoms with E-state index in [1.54, 1.807) is 23.5 Å². The van der Waals surface area contributed by atoms with Crippen molar-refractivity contribution in [2.24, 2.45) is 0 Å². The molecule has 1 amide bonds. The minimum Gasteiger partial charge on any atom is -0.333 e. The molecule has 0 saturated heterocycles. The van der Waals surface area contributed by atoms with Gasteiger partial charge in [0.2, 0.25) is 5.82 Å². The van der Waals surface area contributed by atoms with Gasteiger partial charge in [-0.2, -0.15) is 4.98 Å². The lowest BCUT2D eigenvalue weighted by Crippen LogP contribution is -2.11. The highest BCUT2D eigenvalue weighted by Gasteiger charge is 2.12. The molecule has 4 rings (SSSR count). The van der Waals surface area contributed by atoms with Gasteiger partial charge in [0, 0.05) is 21.3 Å². The number of amides is 1. The summed E-state index contributed by atoms with van der Waals surface area (Å²) in [5, 5.41) is 8.85. The van der Waals surface area contributed by atoms with Crippen molar-refractivity contribution in [2.45, 2.75) is 0 Å². The van der Waals surface area contributed by atoms with E-state index in [2.05, 4.69) is 31.4 Å². The summed E-state index contributed by atoms with van der Waals surface area (Å²) in [4.78, 5) is 17.6. The molecular formula is C19H12BrN3O2S. The molecular weight excluding hydrogens is 414 g/mol. The van der Waals surface area contributed by atoms with Crippen LogP contribution in [0.4, 0.5) is 5.69 Å². The van der Waals surface area contributed by atoms with Crippen LogP contribution in [0.1, 0.15) is 10.4 Å². The van der Waals surface area contributed by atoms with Crippen molar-refractivity contribution < 1.29 is 9.32 Å². The molecule has 0 unspecified atom stereocenters. The first-order valence-corrected chi connectivity index (χ1v) is 9.41. The normalized spacial score (nSPS) is 10.7. The summed E-state index contributed by atoms with van der Waals surface area (Å²) < 4.78 is 6.16. The molecule has 5 nitrogen and oxygen atoms in total.